The fraction of sp³-hybridized carbons (Fsp3) is 0.136. The van der Waals surface area contributed by atoms with Gasteiger partial charge in [-0.3, -0.25) is 14.7 Å². The molecule has 0 fully saturated rings. The molecule has 2 aromatic carbocycles. The second-order valence-corrected chi connectivity index (χ2v) is 7.59. The highest BCUT2D eigenvalue weighted by molar-refractivity contribution is 7.22. The SMILES string of the molecule is COc1cc(OC)cc(C(=O)N(Cc2cccnc2)c2nc3c(F)cc(F)cc3s2)c1. The molecule has 0 aliphatic heterocycles. The highest BCUT2D eigenvalue weighted by Crippen LogP contribution is 2.33. The van der Waals surface area contributed by atoms with Crippen molar-refractivity contribution in [1.82, 2.24) is 9.97 Å². The Balaban J connectivity index is 1.82. The van der Waals surface area contributed by atoms with Crippen molar-refractivity contribution in [2.24, 2.45) is 0 Å². The molecule has 9 heteroatoms. The molecular weight excluding hydrogens is 424 g/mol. The number of aromatic nitrogens is 2. The van der Waals surface area contributed by atoms with Gasteiger partial charge >= 0.3 is 0 Å². The van der Waals surface area contributed by atoms with E-state index in [1.807, 2.05) is 6.07 Å². The first-order valence-electron chi connectivity index (χ1n) is 9.18. The van der Waals surface area contributed by atoms with Crippen LogP contribution < -0.4 is 14.4 Å². The quantitative estimate of drug-likeness (QED) is 0.429. The minimum absolute atomic E-state index is 0.00797. The molecule has 0 radical (unpaired) electrons. The van der Waals surface area contributed by atoms with Gasteiger partial charge in [0.25, 0.3) is 5.91 Å². The molecule has 0 saturated heterocycles. The van der Waals surface area contributed by atoms with E-state index in [4.69, 9.17) is 9.47 Å². The molecule has 0 aliphatic rings. The van der Waals surface area contributed by atoms with Gasteiger partial charge in [0, 0.05) is 30.1 Å². The van der Waals surface area contributed by atoms with E-state index in [2.05, 4.69) is 9.97 Å². The number of hydrogen-bond donors (Lipinski definition) is 0. The first-order chi connectivity index (χ1) is 15.0. The van der Waals surface area contributed by atoms with E-state index in [1.165, 1.54) is 25.2 Å². The lowest BCUT2D eigenvalue weighted by atomic mass is 10.1. The van der Waals surface area contributed by atoms with Gasteiger partial charge in [0.2, 0.25) is 0 Å². The number of thiazole rings is 1. The summed E-state index contributed by atoms with van der Waals surface area (Å²) in [6.07, 6.45) is 3.25. The zero-order chi connectivity index (χ0) is 22.0. The van der Waals surface area contributed by atoms with Gasteiger partial charge in [-0.2, -0.15) is 0 Å². The van der Waals surface area contributed by atoms with Gasteiger partial charge in [0.05, 0.1) is 25.5 Å². The molecule has 0 bridgehead atoms. The predicted molar refractivity (Wildman–Crippen MR) is 114 cm³/mol. The molecule has 0 N–H and O–H groups in total. The minimum atomic E-state index is -0.783. The van der Waals surface area contributed by atoms with Crippen molar-refractivity contribution in [1.29, 1.82) is 0 Å². The Labute approximate surface area is 180 Å². The van der Waals surface area contributed by atoms with Gasteiger partial charge in [0.15, 0.2) is 10.9 Å². The van der Waals surface area contributed by atoms with Crippen LogP contribution in [-0.2, 0) is 6.54 Å². The van der Waals surface area contributed by atoms with Crippen LogP contribution in [0.1, 0.15) is 15.9 Å². The van der Waals surface area contributed by atoms with Crippen LogP contribution in [0.15, 0.2) is 54.9 Å². The molecule has 0 unspecified atom stereocenters. The molecule has 2 heterocycles. The zero-order valence-electron chi connectivity index (χ0n) is 16.6. The molecule has 0 aliphatic carbocycles. The summed E-state index contributed by atoms with van der Waals surface area (Å²) in [4.78, 5) is 23.3. The number of carbonyl (C=O) groups excluding carboxylic acids is 1. The number of carbonyl (C=O) groups is 1. The number of rotatable bonds is 6. The van der Waals surface area contributed by atoms with Crippen molar-refractivity contribution in [3.05, 3.63) is 77.6 Å². The molecule has 2 aromatic heterocycles. The fourth-order valence-corrected chi connectivity index (χ4v) is 4.05. The molecule has 6 nitrogen and oxygen atoms in total. The van der Waals surface area contributed by atoms with E-state index in [1.54, 1.807) is 36.7 Å². The Morgan fingerprint density at radius 2 is 1.84 bits per heavy atom. The topological polar surface area (TPSA) is 64.6 Å². The summed E-state index contributed by atoms with van der Waals surface area (Å²) in [5.74, 6) is -0.999. The predicted octanol–water partition coefficient (Wildman–Crippen LogP) is 4.83. The number of pyridine rings is 1. The number of benzene rings is 2. The van der Waals surface area contributed by atoms with E-state index >= 15 is 0 Å². The van der Waals surface area contributed by atoms with Crippen LogP contribution in [0.5, 0.6) is 11.5 Å². The molecule has 31 heavy (non-hydrogen) atoms. The summed E-state index contributed by atoms with van der Waals surface area (Å²) in [6.45, 7) is 0.135. The van der Waals surface area contributed by atoms with Crippen molar-refractivity contribution in [2.45, 2.75) is 6.54 Å². The highest BCUT2D eigenvalue weighted by atomic mass is 32.1. The van der Waals surface area contributed by atoms with Gasteiger partial charge in [-0.15, -0.1) is 0 Å². The fourth-order valence-electron chi connectivity index (χ4n) is 3.05. The van der Waals surface area contributed by atoms with Crippen molar-refractivity contribution >= 4 is 32.6 Å². The summed E-state index contributed by atoms with van der Waals surface area (Å²) < 4.78 is 38.7. The largest absolute Gasteiger partial charge is 0.497 e. The van der Waals surface area contributed by atoms with Crippen LogP contribution in [0.25, 0.3) is 10.2 Å². The molecule has 4 aromatic rings. The Bertz CT molecular complexity index is 1230. The first-order valence-corrected chi connectivity index (χ1v) is 9.99. The molecule has 158 valence electrons. The van der Waals surface area contributed by atoms with Crippen LogP contribution >= 0.6 is 11.3 Å². The number of fused-ring (bicyclic) bond motifs is 1. The zero-order valence-corrected chi connectivity index (χ0v) is 17.5. The second-order valence-electron chi connectivity index (χ2n) is 6.58. The van der Waals surface area contributed by atoms with Gasteiger partial charge in [-0.25, -0.2) is 13.8 Å². The molecular formula is C22H17F2N3O3S. The molecule has 0 saturated carbocycles. The van der Waals surface area contributed by atoms with Crippen molar-refractivity contribution < 1.29 is 23.0 Å². The Morgan fingerprint density at radius 1 is 1.10 bits per heavy atom. The summed E-state index contributed by atoms with van der Waals surface area (Å²) >= 11 is 1.03. The Kier molecular flexibility index (Phi) is 5.77. The lowest BCUT2D eigenvalue weighted by molar-refractivity contribution is 0.0984. The van der Waals surface area contributed by atoms with Gasteiger partial charge in [-0.1, -0.05) is 17.4 Å². The summed E-state index contributed by atoms with van der Waals surface area (Å²) in [5, 5.41) is 0.232. The Morgan fingerprint density at radius 3 is 2.48 bits per heavy atom. The van der Waals surface area contributed by atoms with Crippen LogP contribution in [-0.4, -0.2) is 30.1 Å². The molecule has 0 atom stereocenters. The summed E-state index contributed by atoms with van der Waals surface area (Å²) in [6, 6.07) is 10.3. The normalized spacial score (nSPS) is 10.8. The van der Waals surface area contributed by atoms with E-state index in [0.29, 0.717) is 21.8 Å². The number of ether oxygens (including phenoxy) is 2. The lowest BCUT2D eigenvalue weighted by Gasteiger charge is -2.20. The van der Waals surface area contributed by atoms with Crippen LogP contribution in [0.2, 0.25) is 0 Å². The van der Waals surface area contributed by atoms with E-state index < -0.39 is 17.5 Å². The summed E-state index contributed by atoms with van der Waals surface area (Å²) in [7, 11) is 2.97. The number of nitrogens with zero attached hydrogens (tertiary/aromatic N) is 3. The van der Waals surface area contributed by atoms with Crippen molar-refractivity contribution in [2.75, 3.05) is 19.1 Å². The van der Waals surface area contributed by atoms with E-state index in [-0.39, 0.29) is 17.2 Å². The van der Waals surface area contributed by atoms with Crippen LogP contribution in [0.3, 0.4) is 0 Å². The lowest BCUT2D eigenvalue weighted by Crippen LogP contribution is -2.30. The standard InChI is InChI=1S/C22H17F2N3O3S/c1-29-16-6-14(7-17(10-16)30-2)21(28)27(12-13-4-3-5-25-11-13)22-26-20-18(24)8-15(23)9-19(20)31-22/h3-11H,12H2,1-2H3. The molecule has 1 amide bonds. The number of amides is 1. The highest BCUT2D eigenvalue weighted by Gasteiger charge is 2.24. The molecule has 4 rings (SSSR count). The average molecular weight is 441 g/mol. The van der Waals surface area contributed by atoms with Crippen molar-refractivity contribution in [3.8, 4) is 11.5 Å². The smallest absolute Gasteiger partial charge is 0.260 e. The number of anilines is 1. The second kappa shape index (κ2) is 8.65. The number of methoxy groups -OCH3 is 2. The van der Waals surface area contributed by atoms with Gasteiger partial charge in [0.1, 0.15) is 22.8 Å². The van der Waals surface area contributed by atoms with Gasteiger partial charge < -0.3 is 9.47 Å². The monoisotopic (exact) mass is 441 g/mol. The molecule has 0 spiro atoms. The third-order valence-corrected chi connectivity index (χ3v) is 5.57. The third-order valence-electron chi connectivity index (χ3n) is 4.54. The first kappa shape index (κ1) is 20.7. The maximum Gasteiger partial charge on any atom is 0.260 e. The van der Waals surface area contributed by atoms with Crippen LogP contribution in [0.4, 0.5) is 13.9 Å². The number of halogens is 2. The van der Waals surface area contributed by atoms with Crippen LogP contribution in [0, 0.1) is 11.6 Å². The van der Waals surface area contributed by atoms with Crippen molar-refractivity contribution in [3.63, 3.8) is 0 Å². The third kappa shape index (κ3) is 4.31. The average Bonchev–Trinajstić information content (AvgIpc) is 3.21. The minimum Gasteiger partial charge on any atom is -0.497 e. The van der Waals surface area contributed by atoms with Gasteiger partial charge in [-0.05, 0) is 29.8 Å². The summed E-state index contributed by atoms with van der Waals surface area (Å²) in [5.41, 5.74) is 1.05. The maximum atomic E-state index is 14.2. The number of hydrogen-bond acceptors (Lipinski definition) is 6. The Hall–Kier alpha value is -3.59. The maximum absolute atomic E-state index is 14.2. The van der Waals surface area contributed by atoms with E-state index in [0.717, 1.165) is 23.0 Å². The van der Waals surface area contributed by atoms with E-state index in [9.17, 15) is 13.6 Å².